The highest BCUT2D eigenvalue weighted by atomic mass is 35.5. The summed E-state index contributed by atoms with van der Waals surface area (Å²) in [5.74, 6) is 0. The molecule has 0 spiro atoms. The maximum atomic E-state index is 11.2. The first kappa shape index (κ1) is 12.5. The average molecular weight is 269 g/mol. The van der Waals surface area contributed by atoms with Gasteiger partial charge in [-0.1, -0.05) is 12.1 Å². The molecule has 0 N–H and O–H groups in total. The lowest BCUT2D eigenvalue weighted by molar-refractivity contribution is 0.600. The van der Waals surface area contributed by atoms with Crippen LogP contribution < -0.4 is 0 Å². The van der Waals surface area contributed by atoms with Crippen LogP contribution in [0.4, 0.5) is 0 Å². The molecule has 0 amide bonds. The van der Waals surface area contributed by atoms with Crippen LogP contribution in [0.2, 0.25) is 0 Å². The summed E-state index contributed by atoms with van der Waals surface area (Å²) in [6.07, 6.45) is 7.02. The third-order valence-electron chi connectivity index (χ3n) is 2.50. The van der Waals surface area contributed by atoms with Crippen molar-refractivity contribution in [3.63, 3.8) is 0 Å². The van der Waals surface area contributed by atoms with Crippen molar-refractivity contribution in [2.75, 3.05) is 6.26 Å². The maximum Gasteiger partial charge on any atom is 0.152 e. The first-order valence-electron chi connectivity index (χ1n) is 5.20. The molecule has 2 unspecified atom stereocenters. The van der Waals surface area contributed by atoms with Gasteiger partial charge in [0.25, 0.3) is 0 Å². The van der Waals surface area contributed by atoms with E-state index in [0.29, 0.717) is 6.54 Å². The van der Waals surface area contributed by atoms with E-state index in [1.807, 2.05) is 35.0 Å². The molecule has 3 nitrogen and oxygen atoms in total. The van der Waals surface area contributed by atoms with Gasteiger partial charge >= 0.3 is 0 Å². The zero-order valence-corrected chi connectivity index (χ0v) is 11.0. The van der Waals surface area contributed by atoms with Crippen molar-refractivity contribution in [1.82, 2.24) is 9.55 Å². The molecule has 0 aliphatic carbocycles. The Bertz CT molecular complexity index is 456. The summed E-state index contributed by atoms with van der Waals surface area (Å²) >= 11 is 5.36. The Hall–Kier alpha value is -0.970. The number of halogens is 1. The minimum atomic E-state index is -0.940. The van der Waals surface area contributed by atoms with Crippen LogP contribution in [0.15, 0.2) is 47.9 Å². The van der Waals surface area contributed by atoms with Crippen molar-refractivity contribution in [1.29, 1.82) is 0 Å². The van der Waals surface area contributed by atoms with E-state index < -0.39 is 11.2 Å². The quantitative estimate of drug-likeness (QED) is 0.632. The lowest BCUT2D eigenvalue weighted by atomic mass is 10.1. The summed E-state index contributed by atoms with van der Waals surface area (Å²) in [6, 6.07) is 7.56. The lowest BCUT2D eigenvalue weighted by Crippen LogP contribution is -2.03. The second-order valence-electron chi connectivity index (χ2n) is 3.75. The first-order chi connectivity index (χ1) is 8.16. The molecule has 17 heavy (non-hydrogen) atoms. The Balaban J connectivity index is 2.06. The van der Waals surface area contributed by atoms with Crippen molar-refractivity contribution in [3.05, 3.63) is 48.5 Å². The third kappa shape index (κ3) is 3.25. The third-order valence-corrected chi connectivity index (χ3v) is 3.83. The summed E-state index contributed by atoms with van der Waals surface area (Å²) in [5.41, 5.74) is 1.02. The Morgan fingerprint density at radius 3 is 2.65 bits per heavy atom. The van der Waals surface area contributed by atoms with Crippen LogP contribution in [0.25, 0.3) is 0 Å². The van der Waals surface area contributed by atoms with Gasteiger partial charge in [0, 0.05) is 18.9 Å². The summed E-state index contributed by atoms with van der Waals surface area (Å²) < 4.78 is 13.2. The van der Waals surface area contributed by atoms with Gasteiger partial charge in [-0.2, -0.15) is 0 Å². The predicted molar refractivity (Wildman–Crippen MR) is 69.6 cm³/mol. The molecule has 0 bridgehead atoms. The van der Waals surface area contributed by atoms with Gasteiger partial charge in [0.05, 0.1) is 11.7 Å². The molecule has 5 heteroatoms. The van der Waals surface area contributed by atoms with Crippen molar-refractivity contribution in [2.45, 2.75) is 16.8 Å². The smallest absolute Gasteiger partial charge is 0.152 e. The van der Waals surface area contributed by atoms with E-state index in [0.717, 1.165) is 10.5 Å². The molecule has 0 saturated carbocycles. The van der Waals surface area contributed by atoms with Crippen molar-refractivity contribution >= 4 is 22.8 Å². The van der Waals surface area contributed by atoms with Gasteiger partial charge in [-0.3, -0.25) is 0 Å². The largest absolute Gasteiger partial charge is 0.612 e. The molecular formula is C12H13ClN2OS. The van der Waals surface area contributed by atoms with Gasteiger partial charge in [-0.05, 0) is 28.9 Å². The van der Waals surface area contributed by atoms with Gasteiger partial charge < -0.3 is 9.12 Å². The average Bonchev–Trinajstić information content (AvgIpc) is 2.82. The molecule has 2 rings (SSSR count). The topological polar surface area (TPSA) is 40.9 Å². The van der Waals surface area contributed by atoms with Gasteiger partial charge in [-0.15, -0.1) is 11.6 Å². The Morgan fingerprint density at radius 1 is 1.41 bits per heavy atom. The van der Waals surface area contributed by atoms with E-state index >= 15 is 0 Å². The van der Waals surface area contributed by atoms with E-state index in [9.17, 15) is 4.55 Å². The standard InChI is InChI=1S/C12H13ClN2OS/c1-17(16)11-4-2-10(3-5-11)12(13)8-15-7-6-14-9-15/h2-7,9,12H,8H2,1H3. The number of hydrogen-bond donors (Lipinski definition) is 0. The van der Waals surface area contributed by atoms with E-state index in [1.165, 1.54) is 0 Å². The molecule has 90 valence electrons. The zero-order chi connectivity index (χ0) is 12.3. The second-order valence-corrected chi connectivity index (χ2v) is 5.66. The fourth-order valence-electron chi connectivity index (χ4n) is 1.55. The SMILES string of the molecule is C[S+]([O-])c1ccc(C(Cl)Cn2ccnc2)cc1. The first-order valence-corrected chi connectivity index (χ1v) is 7.19. The Morgan fingerprint density at radius 2 is 2.12 bits per heavy atom. The van der Waals surface area contributed by atoms with Crippen LogP contribution in [0.3, 0.4) is 0 Å². The van der Waals surface area contributed by atoms with E-state index in [1.54, 1.807) is 18.8 Å². The van der Waals surface area contributed by atoms with Crippen LogP contribution in [-0.4, -0.2) is 20.4 Å². The van der Waals surface area contributed by atoms with Crippen molar-refractivity contribution in [3.8, 4) is 0 Å². The van der Waals surface area contributed by atoms with E-state index in [4.69, 9.17) is 11.6 Å². The van der Waals surface area contributed by atoms with Gasteiger partial charge in [0.2, 0.25) is 0 Å². The molecule has 2 aromatic rings. The monoisotopic (exact) mass is 268 g/mol. The van der Waals surface area contributed by atoms with E-state index in [2.05, 4.69) is 4.98 Å². The van der Waals surface area contributed by atoms with Crippen LogP contribution in [0, 0.1) is 0 Å². The van der Waals surface area contributed by atoms with Gasteiger partial charge in [0.1, 0.15) is 6.26 Å². The van der Waals surface area contributed by atoms with Crippen LogP contribution >= 0.6 is 11.6 Å². The molecule has 0 fully saturated rings. The van der Waals surface area contributed by atoms with Crippen LogP contribution in [-0.2, 0) is 17.7 Å². The summed E-state index contributed by atoms with van der Waals surface area (Å²) in [7, 11) is 0. The normalized spacial score (nSPS) is 14.5. The second kappa shape index (κ2) is 5.58. The highest BCUT2D eigenvalue weighted by Gasteiger charge is 2.10. The van der Waals surface area contributed by atoms with Crippen LogP contribution in [0.5, 0.6) is 0 Å². The number of hydrogen-bond acceptors (Lipinski definition) is 2. The van der Waals surface area contributed by atoms with Crippen molar-refractivity contribution < 1.29 is 4.55 Å². The number of rotatable bonds is 4. The number of aromatic nitrogens is 2. The summed E-state index contributed by atoms with van der Waals surface area (Å²) in [5, 5.41) is -0.108. The molecule has 0 saturated heterocycles. The molecule has 1 heterocycles. The molecule has 2 atom stereocenters. The number of imidazole rings is 1. The fourth-order valence-corrected chi connectivity index (χ4v) is 2.38. The Labute approximate surface area is 109 Å². The Kier molecular flexibility index (Phi) is 4.10. The fraction of sp³-hybridized carbons (Fsp3) is 0.250. The molecule has 1 aromatic carbocycles. The molecule has 0 radical (unpaired) electrons. The molecule has 0 aliphatic heterocycles. The lowest BCUT2D eigenvalue weighted by Gasteiger charge is -2.11. The minimum Gasteiger partial charge on any atom is -0.612 e. The van der Waals surface area contributed by atoms with Gasteiger partial charge in [0.15, 0.2) is 4.90 Å². The van der Waals surface area contributed by atoms with Crippen LogP contribution in [0.1, 0.15) is 10.9 Å². The highest BCUT2D eigenvalue weighted by molar-refractivity contribution is 7.90. The molecular weight excluding hydrogens is 256 g/mol. The highest BCUT2D eigenvalue weighted by Crippen LogP contribution is 2.23. The maximum absolute atomic E-state index is 11.2. The molecule has 1 aromatic heterocycles. The zero-order valence-electron chi connectivity index (χ0n) is 9.41. The number of benzene rings is 1. The number of nitrogens with zero attached hydrogens (tertiary/aromatic N) is 2. The minimum absolute atomic E-state index is 0.108. The molecule has 0 aliphatic rings. The number of alkyl halides is 1. The van der Waals surface area contributed by atoms with Crippen molar-refractivity contribution in [2.24, 2.45) is 0 Å². The summed E-state index contributed by atoms with van der Waals surface area (Å²) in [6.45, 7) is 0.677. The van der Waals surface area contributed by atoms with E-state index in [-0.39, 0.29) is 5.38 Å². The summed E-state index contributed by atoms with van der Waals surface area (Å²) in [4.78, 5) is 4.79. The van der Waals surface area contributed by atoms with Gasteiger partial charge in [-0.25, -0.2) is 4.98 Å². The predicted octanol–water partition coefficient (Wildman–Crippen LogP) is 2.60.